The summed E-state index contributed by atoms with van der Waals surface area (Å²) < 4.78 is 6.54. The molecule has 56 heavy (non-hydrogen) atoms. The zero-order chi connectivity index (χ0) is 37.8. The van der Waals surface area contributed by atoms with Crippen molar-refractivity contribution in [1.29, 1.82) is 0 Å². The second-order valence-corrected chi connectivity index (χ2v) is 16.4. The Morgan fingerprint density at radius 3 is 1.59 bits per heavy atom. The molecular weight excluding hydrogens is 681 g/mol. The fourth-order valence-corrected chi connectivity index (χ4v) is 9.63. The molecule has 2 aliphatic rings. The van der Waals surface area contributed by atoms with Gasteiger partial charge in [-0.2, -0.15) is 0 Å². The summed E-state index contributed by atoms with van der Waals surface area (Å²) in [5.41, 5.74) is 18.9. The molecule has 3 nitrogen and oxygen atoms in total. The van der Waals surface area contributed by atoms with E-state index in [1.165, 1.54) is 44.5 Å². The predicted octanol–water partition coefficient (Wildman–Crippen LogP) is 14.4. The van der Waals surface area contributed by atoms with Crippen molar-refractivity contribution in [2.45, 2.75) is 38.5 Å². The molecule has 0 radical (unpaired) electrons. The fraction of sp³-hybridized carbons (Fsp3) is 0.113. The third-order valence-corrected chi connectivity index (χ3v) is 12.5. The molecule has 0 fully saturated rings. The second-order valence-electron chi connectivity index (χ2n) is 16.4. The molecule has 0 N–H and O–H groups in total. The highest BCUT2D eigenvalue weighted by Gasteiger charge is 2.37. The van der Waals surface area contributed by atoms with Crippen LogP contribution in [-0.2, 0) is 10.8 Å². The maximum absolute atomic E-state index is 6.54. The molecule has 0 aliphatic heterocycles. The zero-order valence-electron chi connectivity index (χ0n) is 32.0. The van der Waals surface area contributed by atoms with Crippen LogP contribution in [-0.4, -0.2) is 4.98 Å². The molecule has 0 amide bonds. The average molecular weight is 721 g/mol. The van der Waals surface area contributed by atoms with Gasteiger partial charge in [0.2, 0.25) is 5.89 Å². The summed E-state index contributed by atoms with van der Waals surface area (Å²) in [5, 5.41) is 2.20. The Kier molecular flexibility index (Phi) is 6.94. The maximum atomic E-state index is 6.54. The van der Waals surface area contributed by atoms with Crippen LogP contribution in [0.2, 0.25) is 0 Å². The van der Waals surface area contributed by atoms with E-state index in [-0.39, 0.29) is 10.8 Å². The van der Waals surface area contributed by atoms with Crippen LogP contribution >= 0.6 is 0 Å². The van der Waals surface area contributed by atoms with Crippen molar-refractivity contribution in [2.24, 2.45) is 0 Å². The molecule has 1 heterocycles. The van der Waals surface area contributed by atoms with Gasteiger partial charge in [-0.25, -0.2) is 4.98 Å². The number of rotatable bonds is 5. The first-order chi connectivity index (χ1) is 27.3. The molecule has 0 saturated carbocycles. The lowest BCUT2D eigenvalue weighted by Gasteiger charge is -2.28. The van der Waals surface area contributed by atoms with E-state index < -0.39 is 0 Å². The van der Waals surface area contributed by atoms with Gasteiger partial charge in [0.15, 0.2) is 5.58 Å². The number of oxazole rings is 1. The number of fused-ring (bicyclic) bond motifs is 9. The molecule has 0 saturated heterocycles. The minimum Gasteiger partial charge on any atom is -0.435 e. The van der Waals surface area contributed by atoms with Crippen LogP contribution in [0.1, 0.15) is 49.9 Å². The predicted molar refractivity (Wildman–Crippen MR) is 232 cm³/mol. The molecule has 8 aromatic carbocycles. The van der Waals surface area contributed by atoms with Gasteiger partial charge in [0.25, 0.3) is 0 Å². The third-order valence-electron chi connectivity index (χ3n) is 12.5. The smallest absolute Gasteiger partial charge is 0.227 e. The fourth-order valence-electron chi connectivity index (χ4n) is 9.63. The lowest BCUT2D eigenvalue weighted by Crippen LogP contribution is -2.16. The molecule has 11 rings (SSSR count). The first-order valence-electron chi connectivity index (χ1n) is 19.5. The summed E-state index contributed by atoms with van der Waals surface area (Å²) in [6.07, 6.45) is 0. The van der Waals surface area contributed by atoms with Gasteiger partial charge in [-0.05, 0) is 116 Å². The van der Waals surface area contributed by atoms with Crippen LogP contribution in [0.3, 0.4) is 0 Å². The zero-order valence-corrected chi connectivity index (χ0v) is 32.0. The molecule has 1 aromatic heterocycles. The quantitative estimate of drug-likeness (QED) is 0.177. The van der Waals surface area contributed by atoms with Crippen LogP contribution in [0.25, 0.3) is 66.7 Å². The van der Waals surface area contributed by atoms with Crippen molar-refractivity contribution in [1.82, 2.24) is 4.98 Å². The minimum atomic E-state index is -0.0605. The van der Waals surface area contributed by atoms with Crippen LogP contribution in [0.15, 0.2) is 174 Å². The number of benzene rings is 8. The van der Waals surface area contributed by atoms with E-state index in [9.17, 15) is 0 Å². The van der Waals surface area contributed by atoms with E-state index in [4.69, 9.17) is 9.40 Å². The highest BCUT2D eigenvalue weighted by molar-refractivity contribution is 6.11. The first kappa shape index (κ1) is 32.7. The molecule has 2 aliphatic carbocycles. The highest BCUT2D eigenvalue weighted by Crippen LogP contribution is 2.53. The number of nitrogens with zero attached hydrogens (tertiary/aromatic N) is 2. The van der Waals surface area contributed by atoms with Gasteiger partial charge in [-0.3, -0.25) is 0 Å². The summed E-state index contributed by atoms with van der Waals surface area (Å²) in [6, 6.07) is 61.7. The van der Waals surface area contributed by atoms with Gasteiger partial charge in [0.1, 0.15) is 5.52 Å². The van der Waals surface area contributed by atoms with Gasteiger partial charge in [0.05, 0.1) is 0 Å². The van der Waals surface area contributed by atoms with Crippen molar-refractivity contribution >= 4 is 38.9 Å². The summed E-state index contributed by atoms with van der Waals surface area (Å²) >= 11 is 0. The Bertz CT molecular complexity index is 2920. The third kappa shape index (κ3) is 4.73. The van der Waals surface area contributed by atoms with Crippen molar-refractivity contribution in [3.05, 3.63) is 192 Å². The van der Waals surface area contributed by atoms with Crippen LogP contribution in [0.5, 0.6) is 0 Å². The van der Waals surface area contributed by atoms with Crippen molar-refractivity contribution in [3.63, 3.8) is 0 Å². The number of hydrogen-bond acceptors (Lipinski definition) is 3. The first-order valence-corrected chi connectivity index (χ1v) is 19.5. The lowest BCUT2D eigenvalue weighted by molar-refractivity contribution is 0.623. The van der Waals surface area contributed by atoms with E-state index in [2.05, 4.69) is 172 Å². The lowest BCUT2D eigenvalue weighted by atomic mass is 9.82. The highest BCUT2D eigenvalue weighted by atomic mass is 16.3. The Hall–Kier alpha value is -6.71. The van der Waals surface area contributed by atoms with E-state index in [0.29, 0.717) is 5.89 Å². The van der Waals surface area contributed by atoms with E-state index in [0.717, 1.165) is 55.6 Å². The number of anilines is 3. The molecule has 0 unspecified atom stereocenters. The minimum absolute atomic E-state index is 0.0605. The van der Waals surface area contributed by atoms with Gasteiger partial charge in [-0.1, -0.05) is 143 Å². The van der Waals surface area contributed by atoms with Crippen LogP contribution in [0, 0.1) is 0 Å². The molecule has 268 valence electrons. The van der Waals surface area contributed by atoms with Gasteiger partial charge in [-0.15, -0.1) is 0 Å². The molecule has 9 aromatic rings. The standard InChI is InChI=1S/C53H40N2O/c1-52(2)44-19-10-8-16-40(44)42-31-37(26-28-46(42)52)55(38-27-29-47-43(32-38)41-17-9-11-20-45(41)53(47,3)4)36-24-21-33(22-25-36)39-18-12-15-34-23-30-48-50(49(34)39)56-51(54-48)35-13-6-5-7-14-35/h5-32H,1-4H3. The van der Waals surface area contributed by atoms with Crippen molar-refractivity contribution < 1.29 is 4.42 Å². The molecular formula is C53H40N2O. The molecule has 0 bridgehead atoms. The van der Waals surface area contributed by atoms with E-state index >= 15 is 0 Å². The summed E-state index contributed by atoms with van der Waals surface area (Å²) in [7, 11) is 0. The van der Waals surface area contributed by atoms with Gasteiger partial charge >= 0.3 is 0 Å². The number of aromatic nitrogens is 1. The van der Waals surface area contributed by atoms with E-state index in [1.54, 1.807) is 0 Å². The summed E-state index contributed by atoms with van der Waals surface area (Å²) in [5.74, 6) is 0.634. The molecule has 3 heteroatoms. The normalized spacial score (nSPS) is 14.4. The maximum Gasteiger partial charge on any atom is 0.227 e. The molecule has 0 spiro atoms. The van der Waals surface area contributed by atoms with Gasteiger partial charge in [0, 0.05) is 38.8 Å². The topological polar surface area (TPSA) is 29.3 Å². The molecule has 0 atom stereocenters. The largest absolute Gasteiger partial charge is 0.435 e. The van der Waals surface area contributed by atoms with Crippen LogP contribution < -0.4 is 4.90 Å². The van der Waals surface area contributed by atoms with Crippen molar-refractivity contribution in [3.8, 4) is 44.8 Å². The monoisotopic (exact) mass is 720 g/mol. The second kappa shape index (κ2) is 11.9. The van der Waals surface area contributed by atoms with Crippen LogP contribution in [0.4, 0.5) is 17.1 Å². The SMILES string of the molecule is CC1(C)c2ccccc2-c2cc(N(c3ccc(-c4cccc5ccc6nc(-c7ccccc7)oc6c45)cc3)c3ccc4c(c3)-c3ccccc3C4(C)C)ccc21. The average Bonchev–Trinajstić information content (AvgIpc) is 3.85. The Labute approximate surface area is 327 Å². The number of hydrogen-bond donors (Lipinski definition) is 0. The Balaban J connectivity index is 1.07. The summed E-state index contributed by atoms with van der Waals surface area (Å²) in [6.45, 7) is 9.37. The summed E-state index contributed by atoms with van der Waals surface area (Å²) in [4.78, 5) is 7.32. The van der Waals surface area contributed by atoms with Gasteiger partial charge < -0.3 is 9.32 Å². The van der Waals surface area contributed by atoms with E-state index in [1.807, 2.05) is 30.3 Å². The Morgan fingerprint density at radius 1 is 0.429 bits per heavy atom. The Morgan fingerprint density at radius 2 is 0.964 bits per heavy atom. The van der Waals surface area contributed by atoms with Crippen molar-refractivity contribution in [2.75, 3.05) is 4.90 Å².